The summed E-state index contributed by atoms with van der Waals surface area (Å²) < 4.78 is 7.69. The average molecular weight is 271 g/mol. The van der Waals surface area contributed by atoms with Crippen molar-refractivity contribution in [3.8, 4) is 11.5 Å². The van der Waals surface area contributed by atoms with Gasteiger partial charge < -0.3 is 10.1 Å². The maximum Gasteiger partial charge on any atom is 0.165 e. The molecule has 0 unspecified atom stereocenters. The van der Waals surface area contributed by atoms with E-state index >= 15 is 0 Å². The maximum absolute atomic E-state index is 5.83. The van der Waals surface area contributed by atoms with Crippen LogP contribution < -0.4 is 10.1 Å². The Hall–Kier alpha value is -1.81. The fraction of sp³-hybridized carbons (Fsp3) is 0.438. The van der Waals surface area contributed by atoms with Crippen molar-refractivity contribution in [1.82, 2.24) is 15.1 Å². The molecule has 0 saturated heterocycles. The fourth-order valence-corrected chi connectivity index (χ4v) is 2.18. The van der Waals surface area contributed by atoms with Crippen LogP contribution in [0.4, 0.5) is 0 Å². The van der Waals surface area contributed by atoms with Gasteiger partial charge in [0.1, 0.15) is 5.75 Å². The van der Waals surface area contributed by atoms with Crippen molar-refractivity contribution in [1.29, 1.82) is 0 Å². The van der Waals surface area contributed by atoms with Gasteiger partial charge in [-0.1, -0.05) is 6.07 Å². The highest BCUT2D eigenvalue weighted by atomic mass is 16.5. The predicted octanol–water partition coefficient (Wildman–Crippen LogP) is 3.26. The molecule has 1 saturated carbocycles. The molecule has 4 heteroatoms. The molecule has 0 spiro atoms. The highest BCUT2D eigenvalue weighted by molar-refractivity contribution is 5.37. The molecule has 1 N–H and O–H groups in total. The number of nitrogens with one attached hydrogen (secondary N) is 1. The molecule has 1 aromatic heterocycles. The van der Waals surface area contributed by atoms with Gasteiger partial charge in [0.25, 0.3) is 0 Å². The number of hydrogen-bond donors (Lipinski definition) is 1. The van der Waals surface area contributed by atoms with E-state index < -0.39 is 0 Å². The molecule has 1 aromatic carbocycles. The Morgan fingerprint density at radius 3 is 2.85 bits per heavy atom. The molecule has 4 nitrogen and oxygen atoms in total. The molecule has 0 aliphatic heterocycles. The smallest absolute Gasteiger partial charge is 0.165 e. The van der Waals surface area contributed by atoms with Crippen LogP contribution in [0, 0.1) is 6.92 Å². The molecule has 106 valence electrons. The number of benzene rings is 1. The van der Waals surface area contributed by atoms with Crippen LogP contribution in [0.15, 0.2) is 30.6 Å². The van der Waals surface area contributed by atoms with Gasteiger partial charge in [-0.05, 0) is 49.9 Å². The molecule has 0 bridgehead atoms. The minimum absolute atomic E-state index is 0.741. The van der Waals surface area contributed by atoms with Crippen LogP contribution in [0.1, 0.15) is 30.9 Å². The maximum atomic E-state index is 5.83. The SMILES string of the molecule is CCn1cc(Oc2ccc(CNC3CC3)c(C)c2)cn1. The number of aryl methyl sites for hydroxylation is 2. The first-order valence-corrected chi connectivity index (χ1v) is 7.28. The van der Waals surface area contributed by atoms with Crippen LogP contribution in [-0.2, 0) is 13.1 Å². The molecule has 1 fully saturated rings. The van der Waals surface area contributed by atoms with Crippen molar-refractivity contribution < 1.29 is 4.74 Å². The summed E-state index contributed by atoms with van der Waals surface area (Å²) in [4.78, 5) is 0. The van der Waals surface area contributed by atoms with Crippen molar-refractivity contribution in [3.05, 3.63) is 41.7 Å². The van der Waals surface area contributed by atoms with E-state index in [1.165, 1.54) is 24.0 Å². The third-order valence-corrected chi connectivity index (χ3v) is 3.64. The van der Waals surface area contributed by atoms with Crippen LogP contribution in [0.5, 0.6) is 11.5 Å². The van der Waals surface area contributed by atoms with Gasteiger partial charge in [-0.3, -0.25) is 4.68 Å². The topological polar surface area (TPSA) is 39.1 Å². The van der Waals surface area contributed by atoms with Gasteiger partial charge in [0.15, 0.2) is 5.75 Å². The van der Waals surface area contributed by atoms with Gasteiger partial charge in [-0.2, -0.15) is 5.10 Å². The second-order valence-electron chi connectivity index (χ2n) is 5.38. The summed E-state index contributed by atoms with van der Waals surface area (Å²) in [6, 6.07) is 7.00. The van der Waals surface area contributed by atoms with Crippen LogP contribution in [0.2, 0.25) is 0 Å². The zero-order chi connectivity index (χ0) is 13.9. The van der Waals surface area contributed by atoms with E-state index in [-0.39, 0.29) is 0 Å². The summed E-state index contributed by atoms with van der Waals surface area (Å²) in [6.45, 7) is 5.99. The fourth-order valence-electron chi connectivity index (χ4n) is 2.18. The summed E-state index contributed by atoms with van der Waals surface area (Å²) in [5.41, 5.74) is 2.60. The van der Waals surface area contributed by atoms with Gasteiger partial charge in [-0.15, -0.1) is 0 Å². The number of ether oxygens (including phenoxy) is 1. The van der Waals surface area contributed by atoms with E-state index in [0.29, 0.717) is 0 Å². The zero-order valence-corrected chi connectivity index (χ0v) is 12.1. The third kappa shape index (κ3) is 3.20. The molecular formula is C16H21N3O. The summed E-state index contributed by atoms with van der Waals surface area (Å²) >= 11 is 0. The molecule has 3 rings (SSSR count). The van der Waals surface area contributed by atoms with Crippen LogP contribution in [-0.4, -0.2) is 15.8 Å². The van der Waals surface area contributed by atoms with Crippen LogP contribution >= 0.6 is 0 Å². The Bertz CT molecular complexity index is 587. The Kier molecular flexibility index (Phi) is 3.74. The Morgan fingerprint density at radius 2 is 2.20 bits per heavy atom. The third-order valence-electron chi connectivity index (χ3n) is 3.64. The molecule has 1 aliphatic carbocycles. The van der Waals surface area contributed by atoms with E-state index in [1.54, 1.807) is 6.20 Å². The molecule has 20 heavy (non-hydrogen) atoms. The number of rotatable bonds is 6. The Morgan fingerprint density at radius 1 is 1.35 bits per heavy atom. The van der Waals surface area contributed by atoms with E-state index in [1.807, 2.05) is 16.9 Å². The van der Waals surface area contributed by atoms with Crippen molar-refractivity contribution in [2.24, 2.45) is 0 Å². The number of nitrogens with zero attached hydrogens (tertiary/aromatic N) is 2. The van der Waals surface area contributed by atoms with Gasteiger partial charge in [0, 0.05) is 19.1 Å². The lowest BCUT2D eigenvalue weighted by molar-refractivity contribution is 0.480. The second-order valence-corrected chi connectivity index (χ2v) is 5.38. The summed E-state index contributed by atoms with van der Waals surface area (Å²) in [7, 11) is 0. The van der Waals surface area contributed by atoms with Gasteiger partial charge in [0.2, 0.25) is 0 Å². The molecule has 1 heterocycles. The normalized spacial score (nSPS) is 14.5. The van der Waals surface area contributed by atoms with Gasteiger partial charge in [-0.25, -0.2) is 0 Å². The quantitative estimate of drug-likeness (QED) is 0.876. The minimum Gasteiger partial charge on any atom is -0.454 e. The lowest BCUT2D eigenvalue weighted by Gasteiger charge is -2.09. The first-order chi connectivity index (χ1) is 9.74. The summed E-state index contributed by atoms with van der Waals surface area (Å²) in [5, 5.41) is 7.75. The van der Waals surface area contributed by atoms with Crippen molar-refractivity contribution in [2.45, 2.75) is 45.8 Å². The lowest BCUT2D eigenvalue weighted by atomic mass is 10.1. The monoisotopic (exact) mass is 271 g/mol. The predicted molar refractivity (Wildman–Crippen MR) is 79.0 cm³/mol. The largest absolute Gasteiger partial charge is 0.454 e. The van der Waals surface area contributed by atoms with Gasteiger partial charge >= 0.3 is 0 Å². The van der Waals surface area contributed by atoms with Crippen LogP contribution in [0.3, 0.4) is 0 Å². The zero-order valence-electron chi connectivity index (χ0n) is 12.1. The van der Waals surface area contributed by atoms with Crippen molar-refractivity contribution in [2.75, 3.05) is 0 Å². The molecule has 2 aromatic rings. The lowest BCUT2D eigenvalue weighted by Crippen LogP contribution is -2.15. The highest BCUT2D eigenvalue weighted by Gasteiger charge is 2.20. The van der Waals surface area contributed by atoms with E-state index in [0.717, 1.165) is 30.6 Å². The number of aromatic nitrogens is 2. The average Bonchev–Trinajstić information content (AvgIpc) is 3.16. The first-order valence-electron chi connectivity index (χ1n) is 7.28. The minimum atomic E-state index is 0.741. The first kappa shape index (κ1) is 13.2. The molecule has 1 aliphatic rings. The molecular weight excluding hydrogens is 250 g/mol. The Balaban J connectivity index is 1.65. The Labute approximate surface area is 119 Å². The van der Waals surface area contributed by atoms with Gasteiger partial charge in [0.05, 0.1) is 12.4 Å². The van der Waals surface area contributed by atoms with Crippen LogP contribution in [0.25, 0.3) is 0 Å². The van der Waals surface area contributed by atoms with E-state index in [2.05, 4.69) is 36.4 Å². The standard InChI is InChI=1S/C16H21N3O/c1-3-19-11-16(10-18-19)20-15-7-4-13(12(2)8-15)9-17-14-5-6-14/h4,7-8,10-11,14,17H,3,5-6,9H2,1-2H3. The van der Waals surface area contributed by atoms with E-state index in [4.69, 9.17) is 4.74 Å². The van der Waals surface area contributed by atoms with Crippen molar-refractivity contribution >= 4 is 0 Å². The van der Waals surface area contributed by atoms with Crippen molar-refractivity contribution in [3.63, 3.8) is 0 Å². The summed E-state index contributed by atoms with van der Waals surface area (Å²) in [6.07, 6.45) is 6.31. The molecule has 0 atom stereocenters. The second kappa shape index (κ2) is 5.67. The van der Waals surface area contributed by atoms with E-state index in [9.17, 15) is 0 Å². The summed E-state index contributed by atoms with van der Waals surface area (Å²) in [5.74, 6) is 1.66. The molecule has 0 amide bonds. The highest BCUT2D eigenvalue weighted by Crippen LogP contribution is 2.24. The molecule has 0 radical (unpaired) electrons. The number of hydrogen-bond acceptors (Lipinski definition) is 3.